The molecule has 2 aromatic rings. The minimum atomic E-state index is -0.165. The highest BCUT2D eigenvalue weighted by Crippen LogP contribution is 2.35. The number of ether oxygens (including phenoxy) is 2. The smallest absolute Gasteiger partial charge is 0.161 e. The third-order valence-corrected chi connectivity index (χ3v) is 4.04. The van der Waals surface area contributed by atoms with E-state index in [1.54, 1.807) is 20.3 Å². The van der Waals surface area contributed by atoms with Gasteiger partial charge in [0.15, 0.2) is 11.5 Å². The van der Waals surface area contributed by atoms with Gasteiger partial charge in [0.2, 0.25) is 0 Å². The predicted molar refractivity (Wildman–Crippen MR) is 78.3 cm³/mol. The number of benzene rings is 2. The molecule has 4 heteroatoms. The van der Waals surface area contributed by atoms with Gasteiger partial charge in [0.05, 0.1) is 20.8 Å². The van der Waals surface area contributed by atoms with E-state index in [4.69, 9.17) is 9.47 Å². The van der Waals surface area contributed by atoms with E-state index in [9.17, 15) is 4.39 Å². The number of nitrogens with two attached hydrogens (primary N) is 1. The molecule has 0 amide bonds. The van der Waals surface area contributed by atoms with Gasteiger partial charge in [-0.15, -0.1) is 0 Å². The lowest BCUT2D eigenvalue weighted by atomic mass is 9.89. The third-order valence-electron chi connectivity index (χ3n) is 4.04. The van der Waals surface area contributed by atoms with Gasteiger partial charge in [-0.05, 0) is 29.8 Å². The van der Waals surface area contributed by atoms with Crippen molar-refractivity contribution in [2.45, 2.75) is 12.5 Å². The summed E-state index contributed by atoms with van der Waals surface area (Å²) in [6.45, 7) is 0.932. The van der Waals surface area contributed by atoms with E-state index in [0.29, 0.717) is 11.3 Å². The van der Waals surface area contributed by atoms with Crippen LogP contribution in [0, 0.1) is 5.82 Å². The van der Waals surface area contributed by atoms with Crippen molar-refractivity contribution in [2.24, 2.45) is 0 Å². The highest BCUT2D eigenvalue weighted by atomic mass is 19.1. The maximum absolute atomic E-state index is 14.1. The molecule has 1 atom stereocenters. The third kappa shape index (κ3) is 2.47. The van der Waals surface area contributed by atoms with Crippen molar-refractivity contribution >= 4 is 0 Å². The highest BCUT2D eigenvalue weighted by molar-refractivity contribution is 5.50. The Hall–Kier alpha value is -2.07. The summed E-state index contributed by atoms with van der Waals surface area (Å²) in [7, 11) is 3.25. The minimum absolute atomic E-state index is 0.0326. The average molecular weight is 288 g/mol. The summed E-state index contributed by atoms with van der Waals surface area (Å²) in [5.74, 6) is 1.25. The molecular weight excluding hydrogens is 269 g/mol. The Labute approximate surface area is 123 Å². The molecule has 3 rings (SSSR count). The largest absolute Gasteiger partial charge is 0.493 e. The van der Waals surface area contributed by atoms with E-state index >= 15 is 0 Å². The molecule has 1 aliphatic heterocycles. The van der Waals surface area contributed by atoms with Crippen molar-refractivity contribution in [2.75, 3.05) is 20.8 Å². The average Bonchev–Trinajstić information content (AvgIpc) is 2.53. The Morgan fingerprint density at radius 3 is 2.48 bits per heavy atom. The van der Waals surface area contributed by atoms with E-state index in [1.807, 2.05) is 24.3 Å². The first-order chi connectivity index (χ1) is 10.2. The van der Waals surface area contributed by atoms with Gasteiger partial charge in [0, 0.05) is 17.5 Å². The first-order valence-electron chi connectivity index (χ1n) is 7.07. The van der Waals surface area contributed by atoms with Crippen molar-refractivity contribution < 1.29 is 19.2 Å². The molecule has 0 bridgehead atoms. The van der Waals surface area contributed by atoms with Gasteiger partial charge >= 0.3 is 0 Å². The highest BCUT2D eigenvalue weighted by Gasteiger charge is 2.28. The summed E-state index contributed by atoms with van der Waals surface area (Å²) >= 11 is 0. The standard InChI is InChI=1S/C17H18FNO2/c1-20-15-9-11-7-8-19-17(13(11)10-16(15)21-2)12-5-3-4-6-14(12)18/h3-6,9-10,17,19H,7-8H2,1-2H3/p+1/t17-/m0/s1. The van der Waals surface area contributed by atoms with Crippen LogP contribution in [0.2, 0.25) is 0 Å². The SMILES string of the molecule is COc1cc2c(cc1OC)[C@H](c1ccccc1F)[NH2+]CC2. The van der Waals surface area contributed by atoms with Crippen molar-refractivity contribution in [1.82, 2.24) is 0 Å². The molecule has 0 aromatic heterocycles. The van der Waals surface area contributed by atoms with E-state index < -0.39 is 0 Å². The summed E-state index contributed by atoms with van der Waals surface area (Å²) in [6.07, 6.45) is 0.945. The zero-order valence-corrected chi connectivity index (χ0v) is 12.2. The number of halogens is 1. The van der Waals surface area contributed by atoms with Crippen molar-refractivity contribution in [3.8, 4) is 11.5 Å². The molecule has 0 spiro atoms. The molecule has 2 N–H and O–H groups in total. The van der Waals surface area contributed by atoms with Crippen LogP contribution in [0.1, 0.15) is 22.7 Å². The van der Waals surface area contributed by atoms with Gasteiger partial charge < -0.3 is 14.8 Å². The lowest BCUT2D eigenvalue weighted by Gasteiger charge is -2.25. The second kappa shape index (κ2) is 5.74. The second-order valence-electron chi connectivity index (χ2n) is 5.18. The van der Waals surface area contributed by atoms with E-state index in [-0.39, 0.29) is 11.9 Å². The molecule has 0 saturated carbocycles. The molecule has 1 heterocycles. The van der Waals surface area contributed by atoms with Gasteiger partial charge in [-0.25, -0.2) is 4.39 Å². The van der Waals surface area contributed by atoms with E-state index in [1.165, 1.54) is 11.6 Å². The van der Waals surface area contributed by atoms with Gasteiger partial charge in [0.1, 0.15) is 11.9 Å². The molecule has 0 saturated heterocycles. The van der Waals surface area contributed by atoms with Crippen LogP contribution < -0.4 is 14.8 Å². The number of quaternary nitrogens is 1. The van der Waals surface area contributed by atoms with Crippen molar-refractivity contribution in [1.29, 1.82) is 0 Å². The summed E-state index contributed by atoms with van der Waals surface area (Å²) in [5.41, 5.74) is 3.01. The molecule has 21 heavy (non-hydrogen) atoms. The molecule has 0 aliphatic carbocycles. The Kier molecular flexibility index (Phi) is 3.80. The number of hydrogen-bond acceptors (Lipinski definition) is 2. The first-order valence-corrected chi connectivity index (χ1v) is 7.07. The van der Waals surface area contributed by atoms with Gasteiger partial charge in [-0.3, -0.25) is 0 Å². The zero-order chi connectivity index (χ0) is 14.8. The Balaban J connectivity index is 2.11. The fourth-order valence-electron chi connectivity index (χ4n) is 3.00. The van der Waals surface area contributed by atoms with E-state index in [2.05, 4.69) is 5.32 Å². The number of methoxy groups -OCH3 is 2. The van der Waals surface area contributed by atoms with E-state index in [0.717, 1.165) is 24.3 Å². The van der Waals surface area contributed by atoms with Crippen LogP contribution in [0.5, 0.6) is 11.5 Å². The second-order valence-corrected chi connectivity index (χ2v) is 5.18. The van der Waals surface area contributed by atoms with Crippen molar-refractivity contribution in [3.63, 3.8) is 0 Å². The zero-order valence-electron chi connectivity index (χ0n) is 12.2. The molecule has 0 fully saturated rings. The van der Waals surface area contributed by atoms with Gasteiger partial charge in [-0.2, -0.15) is 0 Å². The summed E-state index contributed by atoms with van der Waals surface area (Å²) in [5, 5.41) is 2.17. The van der Waals surface area contributed by atoms with Crippen LogP contribution in [0.25, 0.3) is 0 Å². The molecule has 3 nitrogen and oxygen atoms in total. The predicted octanol–water partition coefficient (Wildman–Crippen LogP) is 2.05. The summed E-state index contributed by atoms with van der Waals surface area (Å²) in [4.78, 5) is 0. The molecular formula is C17H19FNO2+. The lowest BCUT2D eigenvalue weighted by Crippen LogP contribution is -2.87. The Morgan fingerprint density at radius 1 is 1.05 bits per heavy atom. The molecule has 0 radical (unpaired) electrons. The van der Waals surface area contributed by atoms with Crippen LogP contribution in [0.4, 0.5) is 4.39 Å². The van der Waals surface area contributed by atoms with Crippen LogP contribution in [-0.2, 0) is 6.42 Å². The number of hydrogen-bond donors (Lipinski definition) is 1. The van der Waals surface area contributed by atoms with Gasteiger partial charge in [-0.1, -0.05) is 12.1 Å². The minimum Gasteiger partial charge on any atom is -0.493 e. The van der Waals surface area contributed by atoms with Gasteiger partial charge in [0.25, 0.3) is 0 Å². The number of rotatable bonds is 3. The summed E-state index contributed by atoms with van der Waals surface area (Å²) in [6, 6.07) is 10.9. The quantitative estimate of drug-likeness (QED) is 0.938. The molecule has 0 unspecified atom stereocenters. The van der Waals surface area contributed by atoms with Crippen LogP contribution in [0.3, 0.4) is 0 Å². The first kappa shape index (κ1) is 13.9. The topological polar surface area (TPSA) is 35.1 Å². The Morgan fingerprint density at radius 2 is 1.76 bits per heavy atom. The normalized spacial score (nSPS) is 17.2. The Bertz CT molecular complexity index is 657. The molecule has 1 aliphatic rings. The fourth-order valence-corrected chi connectivity index (χ4v) is 3.00. The van der Waals surface area contributed by atoms with Crippen LogP contribution in [0.15, 0.2) is 36.4 Å². The number of fused-ring (bicyclic) bond motifs is 1. The maximum Gasteiger partial charge on any atom is 0.161 e. The molecule has 110 valence electrons. The lowest BCUT2D eigenvalue weighted by molar-refractivity contribution is -0.690. The van der Waals surface area contributed by atoms with Crippen molar-refractivity contribution in [3.05, 3.63) is 58.9 Å². The fraction of sp³-hybridized carbons (Fsp3) is 0.294. The molecule has 2 aromatic carbocycles. The monoisotopic (exact) mass is 288 g/mol. The van der Waals surface area contributed by atoms with Crippen LogP contribution >= 0.6 is 0 Å². The summed E-state index contributed by atoms with van der Waals surface area (Å²) < 4.78 is 24.9. The maximum atomic E-state index is 14.1. The van der Waals surface area contributed by atoms with Crippen LogP contribution in [-0.4, -0.2) is 20.8 Å².